The van der Waals surface area contributed by atoms with Crippen molar-refractivity contribution in [1.82, 2.24) is 0 Å². The Morgan fingerprint density at radius 3 is 2.38 bits per heavy atom. The Labute approximate surface area is 174 Å². The Bertz CT molecular complexity index is 685. The fourth-order valence-corrected chi connectivity index (χ4v) is 6.86. The Balaban J connectivity index is 1.90. The number of carbonyl (C=O) groups is 3. The molecule has 3 aliphatic carbocycles. The highest BCUT2D eigenvalue weighted by Crippen LogP contribution is 2.63. The molecule has 0 saturated heterocycles. The SMILES string of the molecule is C=C1CCC2[C@H](CC=O)C([C@@]3(C)CC[C@H](OC(C)=O)C[C@@H]3OC(C)=O)CC[C@]12C. The van der Waals surface area contributed by atoms with Gasteiger partial charge in [-0.15, -0.1) is 0 Å². The van der Waals surface area contributed by atoms with Crippen molar-refractivity contribution >= 4 is 18.2 Å². The van der Waals surface area contributed by atoms with Crippen molar-refractivity contribution < 1.29 is 23.9 Å². The minimum atomic E-state index is -0.300. The van der Waals surface area contributed by atoms with Crippen LogP contribution >= 0.6 is 0 Å². The first-order valence-corrected chi connectivity index (χ1v) is 11.1. The van der Waals surface area contributed by atoms with Crippen molar-refractivity contribution in [2.24, 2.45) is 28.6 Å². The zero-order valence-corrected chi connectivity index (χ0v) is 18.4. The van der Waals surface area contributed by atoms with Crippen LogP contribution in [0, 0.1) is 28.6 Å². The Hall–Kier alpha value is -1.65. The third kappa shape index (κ3) is 4.02. The van der Waals surface area contributed by atoms with Gasteiger partial charge in [-0.3, -0.25) is 9.59 Å². The first kappa shape index (κ1) is 22.0. The topological polar surface area (TPSA) is 69.7 Å². The van der Waals surface area contributed by atoms with E-state index in [-0.39, 0.29) is 40.9 Å². The Morgan fingerprint density at radius 1 is 1.07 bits per heavy atom. The zero-order chi connectivity index (χ0) is 21.4. The molecule has 0 amide bonds. The first-order chi connectivity index (χ1) is 13.6. The van der Waals surface area contributed by atoms with Gasteiger partial charge in [-0.2, -0.15) is 0 Å². The summed E-state index contributed by atoms with van der Waals surface area (Å²) in [4.78, 5) is 35.0. The molecule has 7 atom stereocenters. The third-order valence-corrected chi connectivity index (χ3v) is 8.47. The molecular formula is C24H36O5. The molecule has 162 valence electrons. The first-order valence-electron chi connectivity index (χ1n) is 11.1. The van der Waals surface area contributed by atoms with E-state index >= 15 is 0 Å². The van der Waals surface area contributed by atoms with Crippen LogP contribution in [-0.2, 0) is 23.9 Å². The molecule has 0 bridgehead atoms. The summed E-state index contributed by atoms with van der Waals surface area (Å²) in [6.07, 6.45) is 7.46. The van der Waals surface area contributed by atoms with Gasteiger partial charge in [0.1, 0.15) is 18.5 Å². The highest BCUT2D eigenvalue weighted by molar-refractivity contribution is 5.67. The van der Waals surface area contributed by atoms with Crippen molar-refractivity contribution in [2.75, 3.05) is 0 Å². The van der Waals surface area contributed by atoms with Crippen LogP contribution in [0.2, 0.25) is 0 Å². The molecule has 0 aromatic rings. The second kappa shape index (κ2) is 8.23. The van der Waals surface area contributed by atoms with Crippen LogP contribution in [0.5, 0.6) is 0 Å². The highest BCUT2D eigenvalue weighted by atomic mass is 16.6. The number of hydrogen-bond acceptors (Lipinski definition) is 5. The van der Waals surface area contributed by atoms with Gasteiger partial charge in [0.25, 0.3) is 0 Å². The lowest BCUT2D eigenvalue weighted by Crippen LogP contribution is -2.53. The molecule has 0 N–H and O–H groups in total. The summed E-state index contributed by atoms with van der Waals surface area (Å²) < 4.78 is 11.3. The molecule has 3 rings (SSSR count). The highest BCUT2D eigenvalue weighted by Gasteiger charge is 2.57. The fourth-order valence-electron chi connectivity index (χ4n) is 6.86. The minimum Gasteiger partial charge on any atom is -0.462 e. The lowest BCUT2D eigenvalue weighted by Gasteiger charge is -2.56. The molecule has 0 aliphatic heterocycles. The van der Waals surface area contributed by atoms with Crippen LogP contribution in [0.1, 0.15) is 79.1 Å². The average Bonchev–Trinajstić information content (AvgIpc) is 2.93. The molecule has 5 heteroatoms. The number of allylic oxidation sites excluding steroid dienone is 1. The van der Waals surface area contributed by atoms with E-state index in [0.717, 1.165) is 44.8 Å². The summed E-state index contributed by atoms with van der Waals surface area (Å²) in [5.41, 5.74) is 1.23. The second-order valence-corrected chi connectivity index (χ2v) is 9.99. The summed E-state index contributed by atoms with van der Waals surface area (Å²) in [6.45, 7) is 11.8. The van der Waals surface area contributed by atoms with E-state index < -0.39 is 0 Å². The molecule has 3 aliphatic rings. The maximum atomic E-state index is 11.9. The normalized spacial score (nSPS) is 42.1. The molecule has 0 heterocycles. The largest absolute Gasteiger partial charge is 0.462 e. The van der Waals surface area contributed by atoms with Gasteiger partial charge in [0.15, 0.2) is 0 Å². The molecule has 3 saturated carbocycles. The Kier molecular flexibility index (Phi) is 6.26. The zero-order valence-electron chi connectivity index (χ0n) is 18.4. The second-order valence-electron chi connectivity index (χ2n) is 9.99. The molecule has 0 aromatic heterocycles. The molecule has 2 unspecified atom stereocenters. The van der Waals surface area contributed by atoms with Crippen molar-refractivity contribution in [3.8, 4) is 0 Å². The summed E-state index contributed by atoms with van der Waals surface area (Å²) in [5, 5.41) is 0. The van der Waals surface area contributed by atoms with E-state index in [1.165, 1.54) is 19.4 Å². The number of rotatable bonds is 5. The lowest BCUT2D eigenvalue weighted by atomic mass is 9.50. The van der Waals surface area contributed by atoms with E-state index in [1.54, 1.807) is 0 Å². The van der Waals surface area contributed by atoms with E-state index in [1.807, 2.05) is 0 Å². The summed E-state index contributed by atoms with van der Waals surface area (Å²) in [5.74, 6) is 0.446. The van der Waals surface area contributed by atoms with E-state index in [2.05, 4.69) is 20.4 Å². The molecule has 0 aromatic carbocycles. The van der Waals surface area contributed by atoms with Gasteiger partial charge in [0.05, 0.1) is 0 Å². The molecule has 3 fully saturated rings. The third-order valence-electron chi connectivity index (χ3n) is 8.47. The lowest BCUT2D eigenvalue weighted by molar-refractivity contribution is -0.179. The van der Waals surface area contributed by atoms with Crippen LogP contribution in [0.3, 0.4) is 0 Å². The van der Waals surface area contributed by atoms with Crippen molar-refractivity contribution in [1.29, 1.82) is 0 Å². The number of esters is 2. The van der Waals surface area contributed by atoms with Gasteiger partial charge in [-0.05, 0) is 61.7 Å². The molecule has 0 spiro atoms. The standard InChI is InChI=1S/C24H36O5/c1-15-6-7-20-19(10-13-25)21(9-12-23(15,20)4)24(5)11-8-18(28-16(2)26)14-22(24)29-17(3)27/h13,18-22H,1,6-12,14H2,2-5H3/t18-,19-,20?,21?,22-,23+,24+/m0/s1. The average molecular weight is 405 g/mol. The molecule has 29 heavy (non-hydrogen) atoms. The Morgan fingerprint density at radius 2 is 1.76 bits per heavy atom. The monoisotopic (exact) mass is 404 g/mol. The van der Waals surface area contributed by atoms with Crippen LogP contribution in [0.15, 0.2) is 12.2 Å². The number of fused-ring (bicyclic) bond motifs is 1. The van der Waals surface area contributed by atoms with Crippen LogP contribution in [0.25, 0.3) is 0 Å². The van der Waals surface area contributed by atoms with Crippen LogP contribution < -0.4 is 0 Å². The molecular weight excluding hydrogens is 368 g/mol. The van der Waals surface area contributed by atoms with Gasteiger partial charge in [-0.25, -0.2) is 0 Å². The van der Waals surface area contributed by atoms with Gasteiger partial charge >= 0.3 is 11.9 Å². The number of ether oxygens (including phenoxy) is 2. The summed E-state index contributed by atoms with van der Waals surface area (Å²) >= 11 is 0. The molecule has 0 radical (unpaired) electrons. The number of aldehydes is 1. The van der Waals surface area contributed by atoms with Gasteiger partial charge in [0, 0.05) is 32.1 Å². The summed E-state index contributed by atoms with van der Waals surface area (Å²) in [6, 6.07) is 0. The molecule has 5 nitrogen and oxygen atoms in total. The number of carbonyl (C=O) groups excluding carboxylic acids is 3. The van der Waals surface area contributed by atoms with E-state index in [4.69, 9.17) is 9.47 Å². The minimum absolute atomic E-state index is 0.117. The maximum absolute atomic E-state index is 11.9. The predicted octanol–water partition coefficient (Wildman–Crippen LogP) is 4.63. The van der Waals surface area contributed by atoms with Crippen molar-refractivity contribution in [3.63, 3.8) is 0 Å². The van der Waals surface area contributed by atoms with Crippen LogP contribution in [0.4, 0.5) is 0 Å². The van der Waals surface area contributed by atoms with E-state index in [0.29, 0.717) is 24.7 Å². The fraction of sp³-hybridized carbons (Fsp3) is 0.792. The van der Waals surface area contributed by atoms with Gasteiger partial charge < -0.3 is 14.3 Å². The van der Waals surface area contributed by atoms with E-state index in [9.17, 15) is 14.4 Å². The summed E-state index contributed by atoms with van der Waals surface area (Å²) in [7, 11) is 0. The van der Waals surface area contributed by atoms with Gasteiger partial charge in [0.2, 0.25) is 0 Å². The van der Waals surface area contributed by atoms with Crippen molar-refractivity contribution in [3.05, 3.63) is 12.2 Å². The van der Waals surface area contributed by atoms with Crippen molar-refractivity contribution in [2.45, 2.75) is 91.3 Å². The van der Waals surface area contributed by atoms with Gasteiger partial charge in [-0.1, -0.05) is 26.0 Å². The quantitative estimate of drug-likeness (QED) is 0.380. The number of hydrogen-bond donors (Lipinski definition) is 0. The smallest absolute Gasteiger partial charge is 0.302 e. The predicted molar refractivity (Wildman–Crippen MR) is 110 cm³/mol. The maximum Gasteiger partial charge on any atom is 0.302 e. The van der Waals surface area contributed by atoms with Crippen LogP contribution in [-0.4, -0.2) is 30.4 Å².